The molecule has 5 heteroatoms. The summed E-state index contributed by atoms with van der Waals surface area (Å²) in [7, 11) is 3.67. The first-order chi connectivity index (χ1) is 8.24. The predicted octanol–water partition coefficient (Wildman–Crippen LogP) is 0.702. The largest absolute Gasteiger partial charge is 0.377 e. The SMILES string of the molecule is CCOC1CC(NCc2cnn(C)c2)C1OC. The van der Waals surface area contributed by atoms with E-state index in [-0.39, 0.29) is 12.2 Å². The van der Waals surface area contributed by atoms with E-state index in [1.807, 2.05) is 31.0 Å². The Hall–Kier alpha value is -0.910. The van der Waals surface area contributed by atoms with E-state index in [0.717, 1.165) is 19.6 Å². The molecule has 1 N–H and O–H groups in total. The van der Waals surface area contributed by atoms with Crippen LogP contribution in [0.1, 0.15) is 18.9 Å². The number of rotatable bonds is 6. The molecule has 1 aromatic rings. The van der Waals surface area contributed by atoms with Crippen molar-refractivity contribution >= 4 is 0 Å². The summed E-state index contributed by atoms with van der Waals surface area (Å²) in [5.74, 6) is 0. The normalized spacial score (nSPS) is 28.1. The van der Waals surface area contributed by atoms with Gasteiger partial charge in [0.1, 0.15) is 0 Å². The van der Waals surface area contributed by atoms with Crippen LogP contribution in [0, 0.1) is 0 Å². The van der Waals surface area contributed by atoms with Crippen LogP contribution in [0.4, 0.5) is 0 Å². The maximum atomic E-state index is 5.59. The van der Waals surface area contributed by atoms with Gasteiger partial charge in [-0.3, -0.25) is 4.68 Å². The third-order valence-corrected chi connectivity index (χ3v) is 3.23. The van der Waals surface area contributed by atoms with E-state index in [1.165, 1.54) is 5.56 Å². The van der Waals surface area contributed by atoms with Crippen molar-refractivity contribution in [3.05, 3.63) is 18.0 Å². The van der Waals surface area contributed by atoms with Crippen molar-refractivity contribution in [1.82, 2.24) is 15.1 Å². The van der Waals surface area contributed by atoms with Gasteiger partial charge >= 0.3 is 0 Å². The van der Waals surface area contributed by atoms with Crippen molar-refractivity contribution in [2.24, 2.45) is 7.05 Å². The highest BCUT2D eigenvalue weighted by Crippen LogP contribution is 2.27. The van der Waals surface area contributed by atoms with Crippen molar-refractivity contribution in [2.45, 2.75) is 38.1 Å². The van der Waals surface area contributed by atoms with Gasteiger partial charge in [-0.1, -0.05) is 0 Å². The summed E-state index contributed by atoms with van der Waals surface area (Å²) < 4.78 is 12.8. The van der Waals surface area contributed by atoms with E-state index in [1.54, 1.807) is 7.11 Å². The fourth-order valence-electron chi connectivity index (χ4n) is 2.29. The van der Waals surface area contributed by atoms with Crippen LogP contribution in [0.5, 0.6) is 0 Å². The molecular weight excluding hydrogens is 218 g/mol. The van der Waals surface area contributed by atoms with Crippen LogP contribution in [0.25, 0.3) is 0 Å². The van der Waals surface area contributed by atoms with E-state index in [2.05, 4.69) is 10.4 Å². The summed E-state index contributed by atoms with van der Waals surface area (Å²) >= 11 is 0. The minimum atomic E-state index is 0.173. The van der Waals surface area contributed by atoms with E-state index in [4.69, 9.17) is 9.47 Å². The maximum absolute atomic E-state index is 5.59. The molecule has 1 aromatic heterocycles. The molecule has 3 atom stereocenters. The summed E-state index contributed by atoms with van der Waals surface area (Å²) in [6, 6.07) is 0.386. The second kappa shape index (κ2) is 5.62. The Balaban J connectivity index is 1.77. The number of aryl methyl sites for hydroxylation is 1. The Kier molecular flexibility index (Phi) is 4.15. The lowest BCUT2D eigenvalue weighted by molar-refractivity contribution is -0.131. The first-order valence-electron chi connectivity index (χ1n) is 6.10. The monoisotopic (exact) mass is 239 g/mol. The summed E-state index contributed by atoms with van der Waals surface area (Å²) in [5, 5.41) is 7.62. The summed E-state index contributed by atoms with van der Waals surface area (Å²) in [6.07, 6.45) is 5.34. The lowest BCUT2D eigenvalue weighted by Crippen LogP contribution is -2.59. The van der Waals surface area contributed by atoms with Crippen molar-refractivity contribution < 1.29 is 9.47 Å². The molecule has 17 heavy (non-hydrogen) atoms. The molecule has 3 unspecified atom stereocenters. The molecule has 0 bridgehead atoms. The average Bonchev–Trinajstić information content (AvgIpc) is 2.69. The standard InChI is InChI=1S/C12H21N3O2/c1-4-17-11-5-10(12(11)16-3)13-6-9-7-14-15(2)8-9/h7-8,10-13H,4-6H2,1-3H3. The second-order valence-corrected chi connectivity index (χ2v) is 4.44. The Labute approximate surface area is 102 Å². The second-order valence-electron chi connectivity index (χ2n) is 4.44. The highest BCUT2D eigenvalue weighted by atomic mass is 16.5. The highest BCUT2D eigenvalue weighted by Gasteiger charge is 2.41. The topological polar surface area (TPSA) is 48.3 Å². The van der Waals surface area contributed by atoms with Crippen LogP contribution < -0.4 is 5.32 Å². The van der Waals surface area contributed by atoms with Crippen LogP contribution >= 0.6 is 0 Å². The molecule has 1 heterocycles. The lowest BCUT2D eigenvalue weighted by atomic mass is 9.85. The Morgan fingerprint density at radius 1 is 1.59 bits per heavy atom. The van der Waals surface area contributed by atoms with Crippen LogP contribution in [0.3, 0.4) is 0 Å². The molecule has 1 aliphatic rings. The third kappa shape index (κ3) is 2.86. The van der Waals surface area contributed by atoms with Gasteiger partial charge in [0, 0.05) is 45.1 Å². The Bertz CT molecular complexity index is 353. The van der Waals surface area contributed by atoms with Gasteiger partial charge in [-0.15, -0.1) is 0 Å². The van der Waals surface area contributed by atoms with Crippen LogP contribution in [0.2, 0.25) is 0 Å². The summed E-state index contributed by atoms with van der Waals surface area (Å²) in [4.78, 5) is 0. The minimum absolute atomic E-state index is 0.173. The molecule has 0 amide bonds. The van der Waals surface area contributed by atoms with Gasteiger partial charge < -0.3 is 14.8 Å². The molecule has 0 aromatic carbocycles. The third-order valence-electron chi connectivity index (χ3n) is 3.23. The maximum Gasteiger partial charge on any atom is 0.0986 e. The predicted molar refractivity (Wildman–Crippen MR) is 64.7 cm³/mol. The smallest absolute Gasteiger partial charge is 0.0986 e. The van der Waals surface area contributed by atoms with Gasteiger partial charge in [-0.05, 0) is 13.3 Å². The summed E-state index contributed by atoms with van der Waals surface area (Å²) in [6.45, 7) is 3.60. The number of aromatic nitrogens is 2. The van der Waals surface area contributed by atoms with Crippen LogP contribution in [0.15, 0.2) is 12.4 Å². The molecule has 0 spiro atoms. The highest BCUT2D eigenvalue weighted by molar-refractivity contribution is 5.05. The van der Waals surface area contributed by atoms with Crippen molar-refractivity contribution in [2.75, 3.05) is 13.7 Å². The zero-order valence-corrected chi connectivity index (χ0v) is 10.7. The van der Waals surface area contributed by atoms with E-state index >= 15 is 0 Å². The lowest BCUT2D eigenvalue weighted by Gasteiger charge is -2.43. The van der Waals surface area contributed by atoms with Gasteiger partial charge in [0.25, 0.3) is 0 Å². The van der Waals surface area contributed by atoms with Crippen molar-refractivity contribution in [3.8, 4) is 0 Å². The van der Waals surface area contributed by atoms with Crippen LogP contribution in [-0.2, 0) is 23.1 Å². The zero-order chi connectivity index (χ0) is 12.3. The fraction of sp³-hybridized carbons (Fsp3) is 0.750. The van der Waals surface area contributed by atoms with Gasteiger partial charge in [0.2, 0.25) is 0 Å². The molecule has 0 aliphatic heterocycles. The molecule has 2 rings (SSSR count). The first kappa shape index (κ1) is 12.5. The minimum Gasteiger partial charge on any atom is -0.377 e. The number of ether oxygens (including phenoxy) is 2. The quantitative estimate of drug-likeness (QED) is 0.794. The van der Waals surface area contributed by atoms with Gasteiger partial charge in [-0.25, -0.2) is 0 Å². The average molecular weight is 239 g/mol. The number of hydrogen-bond acceptors (Lipinski definition) is 4. The van der Waals surface area contributed by atoms with E-state index in [9.17, 15) is 0 Å². The number of nitrogens with one attached hydrogen (secondary N) is 1. The van der Waals surface area contributed by atoms with Crippen molar-refractivity contribution in [3.63, 3.8) is 0 Å². The van der Waals surface area contributed by atoms with Crippen molar-refractivity contribution in [1.29, 1.82) is 0 Å². The number of hydrogen-bond donors (Lipinski definition) is 1. The number of methoxy groups -OCH3 is 1. The van der Waals surface area contributed by atoms with E-state index < -0.39 is 0 Å². The Morgan fingerprint density at radius 3 is 3.00 bits per heavy atom. The first-order valence-corrected chi connectivity index (χ1v) is 6.10. The molecule has 1 aliphatic carbocycles. The molecule has 96 valence electrons. The molecular formula is C12H21N3O2. The van der Waals surface area contributed by atoms with Gasteiger partial charge in [0.15, 0.2) is 0 Å². The molecule has 0 radical (unpaired) electrons. The van der Waals surface area contributed by atoms with E-state index in [0.29, 0.717) is 6.04 Å². The fourth-order valence-corrected chi connectivity index (χ4v) is 2.29. The van der Waals surface area contributed by atoms with Crippen LogP contribution in [-0.4, -0.2) is 41.7 Å². The summed E-state index contributed by atoms with van der Waals surface area (Å²) in [5.41, 5.74) is 1.20. The zero-order valence-electron chi connectivity index (χ0n) is 10.7. The molecule has 5 nitrogen and oxygen atoms in total. The van der Waals surface area contributed by atoms with Gasteiger partial charge in [-0.2, -0.15) is 5.10 Å². The number of nitrogens with zero attached hydrogens (tertiary/aromatic N) is 2. The molecule has 1 saturated carbocycles. The van der Waals surface area contributed by atoms with Gasteiger partial charge in [0.05, 0.1) is 18.4 Å². The molecule has 0 saturated heterocycles. The Morgan fingerprint density at radius 2 is 2.41 bits per heavy atom. The molecule has 1 fully saturated rings.